The van der Waals surface area contributed by atoms with Crippen LogP contribution in [0.4, 0.5) is 4.39 Å². The van der Waals surface area contributed by atoms with E-state index in [-0.39, 0.29) is 12.4 Å². The lowest BCUT2D eigenvalue weighted by atomic mass is 9.99. The third kappa shape index (κ3) is 4.10. The van der Waals surface area contributed by atoms with Crippen molar-refractivity contribution in [2.24, 2.45) is 0 Å². The molecule has 6 heteroatoms. The molecule has 5 nitrogen and oxygen atoms in total. The first kappa shape index (κ1) is 20.5. The van der Waals surface area contributed by atoms with Crippen molar-refractivity contribution in [2.45, 2.75) is 13.5 Å². The highest BCUT2D eigenvalue weighted by atomic mass is 19.1. The normalized spacial score (nSPS) is 10.8. The summed E-state index contributed by atoms with van der Waals surface area (Å²) in [4.78, 5) is 12.7. The fraction of sp³-hybridized carbons (Fsp3) is 0.160. The lowest BCUT2D eigenvalue weighted by Gasteiger charge is -2.13. The Bertz CT molecular complexity index is 1310. The number of aryl methyl sites for hydroxylation is 1. The smallest absolute Gasteiger partial charge is 0.344 e. The van der Waals surface area contributed by atoms with Crippen molar-refractivity contribution < 1.29 is 23.0 Å². The van der Waals surface area contributed by atoms with Gasteiger partial charge >= 0.3 is 5.63 Å². The largest absolute Gasteiger partial charge is 0.493 e. The van der Waals surface area contributed by atoms with Gasteiger partial charge in [0.15, 0.2) is 11.5 Å². The summed E-state index contributed by atoms with van der Waals surface area (Å²) < 4.78 is 35.4. The number of hydrogen-bond donors (Lipinski definition) is 0. The first-order valence-corrected chi connectivity index (χ1v) is 9.67. The maximum atomic E-state index is 13.4. The minimum absolute atomic E-state index is 0.224. The summed E-state index contributed by atoms with van der Waals surface area (Å²) in [5, 5.41) is 0.751. The van der Waals surface area contributed by atoms with E-state index < -0.39 is 5.63 Å². The Morgan fingerprint density at radius 2 is 1.74 bits per heavy atom. The van der Waals surface area contributed by atoms with Crippen molar-refractivity contribution in [1.29, 1.82) is 0 Å². The fourth-order valence-electron chi connectivity index (χ4n) is 3.54. The molecule has 1 aromatic heterocycles. The minimum Gasteiger partial charge on any atom is -0.493 e. The van der Waals surface area contributed by atoms with Crippen LogP contribution in [0.1, 0.15) is 11.1 Å². The molecular weight excluding hydrogens is 399 g/mol. The highest BCUT2D eigenvalue weighted by Gasteiger charge is 2.16. The van der Waals surface area contributed by atoms with Crippen molar-refractivity contribution in [1.82, 2.24) is 0 Å². The van der Waals surface area contributed by atoms with Crippen LogP contribution in [0.5, 0.6) is 17.2 Å². The van der Waals surface area contributed by atoms with Crippen molar-refractivity contribution >= 4 is 11.0 Å². The van der Waals surface area contributed by atoms with E-state index in [9.17, 15) is 9.18 Å². The molecule has 0 amide bonds. The zero-order valence-electron chi connectivity index (χ0n) is 17.4. The quantitative estimate of drug-likeness (QED) is 0.385. The lowest BCUT2D eigenvalue weighted by molar-refractivity contribution is 0.306. The van der Waals surface area contributed by atoms with Crippen LogP contribution >= 0.6 is 0 Å². The summed E-state index contributed by atoms with van der Waals surface area (Å²) >= 11 is 0. The van der Waals surface area contributed by atoms with E-state index in [1.807, 2.05) is 13.0 Å². The van der Waals surface area contributed by atoms with Crippen molar-refractivity contribution in [3.05, 3.63) is 88.0 Å². The van der Waals surface area contributed by atoms with Crippen LogP contribution in [0.2, 0.25) is 0 Å². The Labute approximate surface area is 178 Å². The number of fused-ring (bicyclic) bond motifs is 1. The van der Waals surface area contributed by atoms with Gasteiger partial charge in [-0.3, -0.25) is 0 Å². The molecule has 31 heavy (non-hydrogen) atoms. The predicted octanol–water partition coefficient (Wildman–Crippen LogP) is 5.50. The summed E-state index contributed by atoms with van der Waals surface area (Å²) in [6.45, 7) is 2.09. The van der Waals surface area contributed by atoms with Crippen LogP contribution in [0.15, 0.2) is 69.9 Å². The highest BCUT2D eigenvalue weighted by molar-refractivity contribution is 5.88. The molecule has 0 fully saturated rings. The Morgan fingerprint density at radius 3 is 2.48 bits per heavy atom. The van der Waals surface area contributed by atoms with E-state index in [0.717, 1.165) is 16.5 Å². The zero-order chi connectivity index (χ0) is 22.0. The second kappa shape index (κ2) is 8.52. The first-order valence-electron chi connectivity index (χ1n) is 9.67. The van der Waals surface area contributed by atoms with Crippen LogP contribution < -0.4 is 19.8 Å². The molecule has 0 saturated heterocycles. The molecule has 0 atom stereocenters. The molecule has 0 radical (unpaired) electrons. The molecule has 0 aliphatic heterocycles. The van der Waals surface area contributed by atoms with E-state index in [1.54, 1.807) is 56.7 Å². The van der Waals surface area contributed by atoms with Gasteiger partial charge in [-0.1, -0.05) is 18.2 Å². The average Bonchev–Trinajstić information content (AvgIpc) is 2.78. The van der Waals surface area contributed by atoms with E-state index in [4.69, 9.17) is 18.6 Å². The molecule has 0 unspecified atom stereocenters. The maximum absolute atomic E-state index is 13.4. The summed E-state index contributed by atoms with van der Waals surface area (Å²) in [6.07, 6.45) is 0. The summed E-state index contributed by atoms with van der Waals surface area (Å²) in [6, 6.07) is 16.8. The van der Waals surface area contributed by atoms with Crippen LogP contribution in [-0.4, -0.2) is 14.2 Å². The van der Waals surface area contributed by atoms with E-state index >= 15 is 0 Å². The van der Waals surface area contributed by atoms with Crippen LogP contribution in [0.25, 0.3) is 22.1 Å². The summed E-state index contributed by atoms with van der Waals surface area (Å²) in [5.74, 6) is 1.37. The monoisotopic (exact) mass is 420 g/mol. The van der Waals surface area contributed by atoms with Crippen LogP contribution in [0, 0.1) is 12.7 Å². The molecule has 0 bridgehead atoms. The number of halogens is 1. The number of benzene rings is 3. The highest BCUT2D eigenvalue weighted by Crippen LogP contribution is 2.34. The van der Waals surface area contributed by atoms with Crippen molar-refractivity contribution in [2.75, 3.05) is 14.2 Å². The molecule has 158 valence electrons. The zero-order valence-corrected chi connectivity index (χ0v) is 17.4. The maximum Gasteiger partial charge on any atom is 0.344 e. The molecule has 0 N–H and O–H groups in total. The molecule has 0 aliphatic rings. The van der Waals surface area contributed by atoms with Crippen molar-refractivity contribution in [3.8, 4) is 28.4 Å². The minimum atomic E-state index is -0.439. The molecule has 0 saturated carbocycles. The van der Waals surface area contributed by atoms with Crippen LogP contribution in [-0.2, 0) is 6.61 Å². The Balaban J connectivity index is 1.73. The van der Waals surface area contributed by atoms with Gasteiger partial charge in [0.25, 0.3) is 0 Å². The van der Waals surface area contributed by atoms with E-state index in [1.165, 1.54) is 12.1 Å². The van der Waals surface area contributed by atoms with Gasteiger partial charge in [-0.05, 0) is 66.1 Å². The number of ether oxygens (including phenoxy) is 3. The Kier molecular flexibility index (Phi) is 5.62. The van der Waals surface area contributed by atoms with Gasteiger partial charge in [0.05, 0.1) is 19.8 Å². The number of methoxy groups -OCH3 is 2. The van der Waals surface area contributed by atoms with Crippen molar-refractivity contribution in [3.63, 3.8) is 0 Å². The Morgan fingerprint density at radius 1 is 0.935 bits per heavy atom. The van der Waals surface area contributed by atoms with Crippen LogP contribution in [0.3, 0.4) is 0 Å². The molecule has 4 rings (SSSR count). The average molecular weight is 420 g/mol. The number of hydrogen-bond acceptors (Lipinski definition) is 5. The van der Waals surface area contributed by atoms with Gasteiger partial charge in [0.1, 0.15) is 23.8 Å². The van der Waals surface area contributed by atoms with E-state index in [0.29, 0.717) is 34.0 Å². The molecular formula is C25H21FO5. The molecule has 0 aliphatic carbocycles. The third-order valence-corrected chi connectivity index (χ3v) is 5.10. The first-order chi connectivity index (χ1) is 15.0. The standard InChI is InChI=1S/C25H21FO5/c1-15-20-13-19(30-14-16-5-4-6-18(26)11-16)8-10-21(20)31-25(27)24(15)17-7-9-22(28-2)23(12-17)29-3/h4-13H,14H2,1-3H3. The van der Waals surface area contributed by atoms with Gasteiger partial charge in [-0.2, -0.15) is 0 Å². The molecule has 3 aromatic carbocycles. The molecule has 1 heterocycles. The van der Waals surface area contributed by atoms with Gasteiger partial charge in [0, 0.05) is 5.39 Å². The summed E-state index contributed by atoms with van der Waals surface area (Å²) in [5.41, 5.74) is 2.61. The Hall–Kier alpha value is -3.80. The third-order valence-electron chi connectivity index (χ3n) is 5.10. The summed E-state index contributed by atoms with van der Waals surface area (Å²) in [7, 11) is 3.10. The lowest BCUT2D eigenvalue weighted by Crippen LogP contribution is -2.06. The molecule has 0 spiro atoms. The van der Waals surface area contributed by atoms with Gasteiger partial charge in [-0.15, -0.1) is 0 Å². The van der Waals surface area contributed by atoms with E-state index in [2.05, 4.69) is 0 Å². The second-order valence-corrected chi connectivity index (χ2v) is 7.04. The molecule has 4 aromatic rings. The topological polar surface area (TPSA) is 57.9 Å². The SMILES string of the molecule is COc1ccc(-c2c(C)c3cc(OCc4cccc(F)c4)ccc3oc2=O)cc1OC. The predicted molar refractivity (Wildman–Crippen MR) is 116 cm³/mol. The van der Waals surface area contributed by atoms with Gasteiger partial charge < -0.3 is 18.6 Å². The van der Waals surface area contributed by atoms with Gasteiger partial charge in [0.2, 0.25) is 0 Å². The second-order valence-electron chi connectivity index (χ2n) is 7.04. The van der Waals surface area contributed by atoms with Gasteiger partial charge in [-0.25, -0.2) is 9.18 Å². The number of rotatable bonds is 6. The fourth-order valence-corrected chi connectivity index (χ4v) is 3.54.